The molecule has 0 radical (unpaired) electrons. The Balaban J connectivity index is 1.44. The second-order valence-electron chi connectivity index (χ2n) is 7.00. The number of aliphatic hydroxyl groups is 1. The van der Waals surface area contributed by atoms with E-state index in [1.54, 1.807) is 12.1 Å². The zero-order valence-corrected chi connectivity index (χ0v) is 16.4. The molecule has 1 aliphatic rings. The molecule has 1 unspecified atom stereocenters. The van der Waals surface area contributed by atoms with E-state index in [1.807, 2.05) is 35.2 Å². The van der Waals surface area contributed by atoms with Gasteiger partial charge in [0.05, 0.1) is 25.4 Å². The van der Waals surface area contributed by atoms with Crippen LogP contribution in [0.2, 0.25) is 0 Å². The lowest BCUT2D eigenvalue weighted by Gasteiger charge is -2.25. The van der Waals surface area contributed by atoms with E-state index in [0.29, 0.717) is 43.9 Å². The van der Waals surface area contributed by atoms with E-state index in [2.05, 4.69) is 0 Å². The van der Waals surface area contributed by atoms with Crippen molar-refractivity contribution in [3.8, 4) is 0 Å². The Bertz CT molecular complexity index is 791. The van der Waals surface area contributed by atoms with E-state index in [9.17, 15) is 14.7 Å². The molecule has 6 nitrogen and oxygen atoms in total. The predicted molar refractivity (Wildman–Crippen MR) is 106 cm³/mol. The van der Waals surface area contributed by atoms with Crippen molar-refractivity contribution in [1.82, 2.24) is 4.90 Å². The molecule has 0 saturated carbocycles. The lowest BCUT2D eigenvalue weighted by molar-refractivity contribution is -0.130. The van der Waals surface area contributed by atoms with Crippen LogP contribution < -0.4 is 0 Å². The molecule has 1 amide bonds. The molecule has 2 heterocycles. The Morgan fingerprint density at radius 1 is 1.25 bits per heavy atom. The molecule has 0 spiro atoms. The number of benzene rings is 1. The number of thiophene rings is 1. The number of carbonyl (C=O) groups is 2. The molecule has 1 saturated heterocycles. The van der Waals surface area contributed by atoms with Crippen LogP contribution in [-0.4, -0.2) is 52.3 Å². The van der Waals surface area contributed by atoms with Crippen LogP contribution in [0, 0.1) is 0 Å². The first-order valence-corrected chi connectivity index (χ1v) is 10.3. The van der Waals surface area contributed by atoms with Crippen molar-refractivity contribution in [2.24, 2.45) is 0 Å². The number of hydrogen-bond acceptors (Lipinski definition) is 5. The van der Waals surface area contributed by atoms with Crippen LogP contribution in [0.1, 0.15) is 39.4 Å². The van der Waals surface area contributed by atoms with Gasteiger partial charge in [-0.25, -0.2) is 4.79 Å². The summed E-state index contributed by atoms with van der Waals surface area (Å²) in [5, 5.41) is 19.3. The Morgan fingerprint density at radius 2 is 2.04 bits per heavy atom. The third-order valence-corrected chi connectivity index (χ3v) is 5.94. The monoisotopic (exact) mass is 403 g/mol. The topological polar surface area (TPSA) is 87.1 Å². The number of nitrogens with zero attached hydrogens (tertiary/aromatic N) is 1. The second-order valence-corrected chi connectivity index (χ2v) is 8.17. The van der Waals surface area contributed by atoms with Crippen LogP contribution in [0.5, 0.6) is 0 Å². The lowest BCUT2D eigenvalue weighted by atomic mass is 10.1. The fraction of sp³-hybridized carbons (Fsp3) is 0.429. The third kappa shape index (κ3) is 5.64. The number of carboxylic acids is 1. The van der Waals surface area contributed by atoms with Crippen LogP contribution in [0.4, 0.5) is 0 Å². The van der Waals surface area contributed by atoms with Gasteiger partial charge in [0.15, 0.2) is 0 Å². The van der Waals surface area contributed by atoms with Gasteiger partial charge in [-0.05, 0) is 37.0 Å². The average molecular weight is 404 g/mol. The molecule has 0 bridgehead atoms. The second kappa shape index (κ2) is 9.82. The van der Waals surface area contributed by atoms with Crippen molar-refractivity contribution in [3.63, 3.8) is 0 Å². The number of rotatable bonds is 10. The first-order chi connectivity index (χ1) is 13.5. The van der Waals surface area contributed by atoms with Crippen molar-refractivity contribution in [1.29, 1.82) is 0 Å². The number of likely N-dealkylation sites (tertiary alicyclic amines) is 1. The van der Waals surface area contributed by atoms with E-state index in [4.69, 9.17) is 9.84 Å². The summed E-state index contributed by atoms with van der Waals surface area (Å²) in [6.07, 6.45) is 1.87. The number of carbonyl (C=O) groups excluding carboxylic acids is 1. The molecular formula is C21H25NO5S. The molecule has 2 N–H and O–H groups in total. The minimum atomic E-state index is -0.933. The predicted octanol–water partition coefficient (Wildman–Crippen LogP) is 2.95. The fourth-order valence-electron chi connectivity index (χ4n) is 3.42. The Hall–Kier alpha value is -2.22. The van der Waals surface area contributed by atoms with Gasteiger partial charge >= 0.3 is 5.97 Å². The molecule has 3 rings (SSSR count). The number of aromatic carboxylic acids is 1. The van der Waals surface area contributed by atoms with Gasteiger partial charge < -0.3 is 19.8 Å². The van der Waals surface area contributed by atoms with Crippen molar-refractivity contribution in [2.45, 2.75) is 44.4 Å². The van der Waals surface area contributed by atoms with Crippen LogP contribution in [0.25, 0.3) is 0 Å². The molecule has 1 aromatic heterocycles. The van der Waals surface area contributed by atoms with Crippen molar-refractivity contribution < 1.29 is 24.5 Å². The lowest BCUT2D eigenvalue weighted by Crippen LogP contribution is -2.38. The largest absolute Gasteiger partial charge is 0.477 e. The zero-order chi connectivity index (χ0) is 19.9. The van der Waals surface area contributed by atoms with Gasteiger partial charge in [-0.3, -0.25) is 4.79 Å². The molecule has 1 aromatic carbocycles. The zero-order valence-electron chi connectivity index (χ0n) is 15.6. The van der Waals surface area contributed by atoms with Gasteiger partial charge in [0.1, 0.15) is 4.88 Å². The van der Waals surface area contributed by atoms with Gasteiger partial charge in [-0.1, -0.05) is 30.3 Å². The third-order valence-electron chi connectivity index (χ3n) is 4.90. The van der Waals surface area contributed by atoms with Crippen LogP contribution in [0.15, 0.2) is 42.5 Å². The molecule has 1 fully saturated rings. The maximum absolute atomic E-state index is 12.2. The summed E-state index contributed by atoms with van der Waals surface area (Å²) in [4.78, 5) is 26.1. The summed E-state index contributed by atoms with van der Waals surface area (Å²) < 4.78 is 5.74. The highest BCUT2D eigenvalue weighted by Crippen LogP contribution is 2.22. The summed E-state index contributed by atoms with van der Waals surface area (Å²) in [6, 6.07) is 13.2. The molecule has 0 aliphatic carbocycles. The van der Waals surface area contributed by atoms with E-state index in [0.717, 1.165) is 16.9 Å². The Kier molecular flexibility index (Phi) is 7.19. The average Bonchev–Trinajstić information content (AvgIpc) is 3.28. The number of ether oxygens (including phenoxy) is 1. The molecule has 150 valence electrons. The maximum Gasteiger partial charge on any atom is 0.345 e. The van der Waals surface area contributed by atoms with Crippen molar-refractivity contribution >= 4 is 23.2 Å². The molecule has 28 heavy (non-hydrogen) atoms. The Labute approximate surface area is 168 Å². The molecule has 2 atom stereocenters. The van der Waals surface area contributed by atoms with Gasteiger partial charge in [-0.15, -0.1) is 11.3 Å². The van der Waals surface area contributed by atoms with Gasteiger partial charge in [0, 0.05) is 17.8 Å². The minimum absolute atomic E-state index is 0.00957. The van der Waals surface area contributed by atoms with Crippen molar-refractivity contribution in [3.05, 3.63) is 57.8 Å². The van der Waals surface area contributed by atoms with Crippen molar-refractivity contribution in [2.75, 3.05) is 13.2 Å². The molecule has 1 aliphatic heterocycles. The highest BCUT2D eigenvalue weighted by Gasteiger charge is 2.31. The van der Waals surface area contributed by atoms with Gasteiger partial charge in [0.2, 0.25) is 5.91 Å². The number of carboxylic acid groups (broad SMARTS) is 1. The first kappa shape index (κ1) is 20.5. The van der Waals surface area contributed by atoms with Crippen LogP contribution >= 0.6 is 11.3 Å². The summed E-state index contributed by atoms with van der Waals surface area (Å²) >= 11 is 1.20. The standard InChI is InChI=1S/C21H25NO5S/c23-17(12-15-4-2-1-3-5-15)10-11-22-16(6-9-20(22)24)13-27-14-18-7-8-19(28-18)21(25)26/h1-5,7-8,16-17,23H,6,9-14H2,(H,25,26)/t16-,17?/m1/s1. The van der Waals surface area contributed by atoms with E-state index in [1.165, 1.54) is 11.3 Å². The van der Waals surface area contributed by atoms with E-state index < -0.39 is 12.1 Å². The molecular weight excluding hydrogens is 378 g/mol. The smallest absolute Gasteiger partial charge is 0.345 e. The van der Waals surface area contributed by atoms with Gasteiger partial charge in [-0.2, -0.15) is 0 Å². The maximum atomic E-state index is 12.2. The Morgan fingerprint density at radius 3 is 2.75 bits per heavy atom. The highest BCUT2D eigenvalue weighted by atomic mass is 32.1. The van der Waals surface area contributed by atoms with Crippen LogP contribution in [0.3, 0.4) is 0 Å². The number of amides is 1. The summed E-state index contributed by atoms with van der Waals surface area (Å²) in [6.45, 7) is 1.27. The highest BCUT2D eigenvalue weighted by molar-refractivity contribution is 7.13. The quantitative estimate of drug-likeness (QED) is 0.637. The summed E-state index contributed by atoms with van der Waals surface area (Å²) in [5.74, 6) is -0.831. The fourth-order valence-corrected chi connectivity index (χ4v) is 4.20. The number of aliphatic hydroxyl groups excluding tert-OH is 1. The molecule has 2 aromatic rings. The SMILES string of the molecule is O=C(O)c1ccc(COC[C@H]2CCC(=O)N2CCC(O)Cc2ccccc2)s1. The van der Waals surface area contributed by atoms with E-state index >= 15 is 0 Å². The first-order valence-electron chi connectivity index (χ1n) is 9.44. The van der Waals surface area contributed by atoms with Gasteiger partial charge in [0.25, 0.3) is 0 Å². The van der Waals surface area contributed by atoms with E-state index in [-0.39, 0.29) is 11.9 Å². The number of hydrogen-bond donors (Lipinski definition) is 2. The normalized spacial score (nSPS) is 17.8. The summed E-state index contributed by atoms with van der Waals surface area (Å²) in [5.41, 5.74) is 1.08. The molecule has 7 heteroatoms. The minimum Gasteiger partial charge on any atom is -0.477 e. The summed E-state index contributed by atoms with van der Waals surface area (Å²) in [7, 11) is 0. The van der Waals surface area contributed by atoms with Crippen LogP contribution in [-0.2, 0) is 22.6 Å².